The first kappa shape index (κ1) is 17.5. The minimum Gasteiger partial charge on any atom is -0.398 e. The Morgan fingerprint density at radius 2 is 1.74 bits per heavy atom. The van der Waals surface area contributed by atoms with Crippen LogP contribution in [0.4, 0.5) is 5.69 Å². The molecule has 0 bridgehead atoms. The summed E-state index contributed by atoms with van der Waals surface area (Å²) in [6.45, 7) is 14.2. The highest BCUT2D eigenvalue weighted by molar-refractivity contribution is 5.81. The van der Waals surface area contributed by atoms with Crippen molar-refractivity contribution in [2.24, 2.45) is 5.41 Å². The third kappa shape index (κ3) is 4.93. The zero-order chi connectivity index (χ0) is 15.2. The van der Waals surface area contributed by atoms with Crippen molar-refractivity contribution in [3.05, 3.63) is 28.8 Å². The van der Waals surface area contributed by atoms with Gasteiger partial charge in [0.05, 0.1) is 0 Å². The summed E-state index contributed by atoms with van der Waals surface area (Å²) in [5.41, 5.74) is 9.62. The van der Waals surface area contributed by atoms with Crippen molar-refractivity contribution in [3.63, 3.8) is 0 Å². The van der Waals surface area contributed by atoms with Crippen molar-refractivity contribution in [1.29, 1.82) is 0 Å². The maximum absolute atomic E-state index is 11.8. The monoisotopic (exact) mass is 264 g/mol. The molecule has 3 nitrogen and oxygen atoms in total. The molecule has 0 atom stereocenters. The molecular formula is C16H28N2O. The van der Waals surface area contributed by atoms with E-state index in [1.807, 2.05) is 60.6 Å². The number of benzene rings is 1. The lowest BCUT2D eigenvalue weighted by Crippen LogP contribution is -2.34. The van der Waals surface area contributed by atoms with E-state index >= 15 is 0 Å². The summed E-state index contributed by atoms with van der Waals surface area (Å²) in [5, 5.41) is 2.93. The van der Waals surface area contributed by atoms with Crippen LogP contribution in [0.3, 0.4) is 0 Å². The molecule has 108 valence electrons. The van der Waals surface area contributed by atoms with Gasteiger partial charge in [-0.1, -0.05) is 46.8 Å². The number of nitrogens with two attached hydrogens (primary N) is 1. The predicted octanol–water partition coefficient (Wildman–Crippen LogP) is 3.57. The Kier molecular flexibility index (Phi) is 6.60. The first-order chi connectivity index (χ1) is 8.73. The second-order valence-electron chi connectivity index (χ2n) is 5.51. The Morgan fingerprint density at radius 1 is 1.21 bits per heavy atom. The summed E-state index contributed by atoms with van der Waals surface area (Å²) in [7, 11) is 0. The molecule has 0 spiro atoms. The van der Waals surface area contributed by atoms with Crippen LogP contribution in [0.2, 0.25) is 0 Å². The fourth-order valence-corrected chi connectivity index (χ4v) is 1.54. The first-order valence-electron chi connectivity index (χ1n) is 6.86. The summed E-state index contributed by atoms with van der Waals surface area (Å²) >= 11 is 0. The van der Waals surface area contributed by atoms with E-state index in [0.717, 1.165) is 22.4 Å². The molecule has 0 heterocycles. The summed E-state index contributed by atoms with van der Waals surface area (Å²) in [5.74, 6) is 0.0519. The first-order valence-corrected chi connectivity index (χ1v) is 6.86. The van der Waals surface area contributed by atoms with Crippen LogP contribution in [0.15, 0.2) is 12.1 Å². The highest BCUT2D eigenvalue weighted by Gasteiger charge is 2.20. The van der Waals surface area contributed by atoms with Gasteiger partial charge < -0.3 is 11.1 Å². The van der Waals surface area contributed by atoms with Crippen LogP contribution >= 0.6 is 0 Å². The van der Waals surface area contributed by atoms with Gasteiger partial charge in [-0.15, -0.1) is 0 Å². The van der Waals surface area contributed by atoms with Crippen LogP contribution in [0.1, 0.15) is 51.3 Å². The Balaban J connectivity index is 0.00000154. The van der Waals surface area contributed by atoms with Gasteiger partial charge in [0.25, 0.3) is 0 Å². The van der Waals surface area contributed by atoms with Gasteiger partial charge in [-0.05, 0) is 30.5 Å². The quantitative estimate of drug-likeness (QED) is 0.802. The van der Waals surface area contributed by atoms with Crippen molar-refractivity contribution in [2.75, 3.05) is 5.73 Å². The number of hydrogen-bond acceptors (Lipinski definition) is 2. The van der Waals surface area contributed by atoms with Gasteiger partial charge in [0.1, 0.15) is 0 Å². The molecule has 0 saturated carbocycles. The molecule has 1 aromatic carbocycles. The van der Waals surface area contributed by atoms with E-state index in [1.54, 1.807) is 0 Å². The maximum Gasteiger partial charge on any atom is 0.225 e. The number of aryl methyl sites for hydroxylation is 1. The van der Waals surface area contributed by atoms with E-state index in [1.165, 1.54) is 0 Å². The number of rotatable bonds is 2. The van der Waals surface area contributed by atoms with Gasteiger partial charge in [0.2, 0.25) is 5.91 Å². The van der Waals surface area contributed by atoms with Crippen LogP contribution in [-0.2, 0) is 11.3 Å². The summed E-state index contributed by atoms with van der Waals surface area (Å²) in [4.78, 5) is 11.8. The number of carbonyl (C=O) groups excluding carboxylic acids is 1. The minimum atomic E-state index is -0.357. The molecule has 19 heavy (non-hydrogen) atoms. The molecule has 0 aliphatic carbocycles. The van der Waals surface area contributed by atoms with Crippen LogP contribution in [0.5, 0.6) is 0 Å². The molecule has 3 N–H and O–H groups in total. The predicted molar refractivity (Wildman–Crippen MR) is 83.0 cm³/mol. The van der Waals surface area contributed by atoms with Crippen molar-refractivity contribution in [2.45, 2.75) is 55.0 Å². The Labute approximate surface area is 117 Å². The number of carbonyl (C=O) groups is 1. The SMILES string of the molecule is CC.Cc1ccc(CNC(=O)C(C)(C)C)c(C)c1N. The molecule has 0 fully saturated rings. The minimum absolute atomic E-state index is 0.0519. The van der Waals surface area contributed by atoms with E-state index in [0.29, 0.717) is 6.54 Å². The van der Waals surface area contributed by atoms with E-state index in [9.17, 15) is 4.79 Å². The summed E-state index contributed by atoms with van der Waals surface area (Å²) in [6, 6.07) is 4.00. The van der Waals surface area contributed by atoms with Gasteiger partial charge in [0, 0.05) is 17.6 Å². The number of nitrogen functional groups attached to an aromatic ring is 1. The highest BCUT2D eigenvalue weighted by atomic mass is 16.2. The molecule has 0 aromatic heterocycles. The van der Waals surface area contributed by atoms with Gasteiger partial charge in [-0.25, -0.2) is 0 Å². The standard InChI is InChI=1S/C14H22N2O.C2H6/c1-9-6-7-11(10(2)12(9)15)8-16-13(17)14(3,4)5;1-2/h6-7H,8,15H2,1-5H3,(H,16,17);1-2H3. The van der Waals surface area contributed by atoms with Crippen molar-refractivity contribution < 1.29 is 4.79 Å². The van der Waals surface area contributed by atoms with Gasteiger partial charge in [-0.2, -0.15) is 0 Å². The van der Waals surface area contributed by atoms with E-state index in [2.05, 4.69) is 5.32 Å². The van der Waals surface area contributed by atoms with Crippen LogP contribution in [-0.4, -0.2) is 5.91 Å². The van der Waals surface area contributed by atoms with Crippen LogP contribution in [0, 0.1) is 19.3 Å². The fourth-order valence-electron chi connectivity index (χ4n) is 1.54. The second-order valence-corrected chi connectivity index (χ2v) is 5.51. The molecule has 1 rings (SSSR count). The number of nitrogens with one attached hydrogen (secondary N) is 1. The largest absolute Gasteiger partial charge is 0.398 e. The highest BCUT2D eigenvalue weighted by Crippen LogP contribution is 2.20. The summed E-state index contributed by atoms with van der Waals surface area (Å²) < 4.78 is 0. The van der Waals surface area contributed by atoms with Crippen molar-refractivity contribution in [3.8, 4) is 0 Å². The Hall–Kier alpha value is -1.51. The van der Waals surface area contributed by atoms with E-state index < -0.39 is 0 Å². The topological polar surface area (TPSA) is 55.1 Å². The molecule has 0 aliphatic rings. The van der Waals surface area contributed by atoms with Crippen molar-refractivity contribution in [1.82, 2.24) is 5.32 Å². The third-order valence-corrected chi connectivity index (χ3v) is 2.97. The van der Waals surface area contributed by atoms with Gasteiger partial charge >= 0.3 is 0 Å². The lowest BCUT2D eigenvalue weighted by Gasteiger charge is -2.18. The van der Waals surface area contributed by atoms with Crippen LogP contribution < -0.4 is 11.1 Å². The number of anilines is 1. The lowest BCUT2D eigenvalue weighted by atomic mass is 9.95. The summed E-state index contributed by atoms with van der Waals surface area (Å²) in [6.07, 6.45) is 0. The van der Waals surface area contributed by atoms with Gasteiger partial charge in [0.15, 0.2) is 0 Å². The zero-order valence-corrected chi connectivity index (χ0v) is 13.3. The average Bonchev–Trinajstić information content (AvgIpc) is 2.36. The fraction of sp³-hybridized carbons (Fsp3) is 0.562. The average molecular weight is 264 g/mol. The molecule has 0 saturated heterocycles. The molecule has 0 unspecified atom stereocenters. The molecule has 1 aromatic rings. The smallest absolute Gasteiger partial charge is 0.225 e. The zero-order valence-electron chi connectivity index (χ0n) is 13.3. The maximum atomic E-state index is 11.8. The number of amides is 1. The van der Waals surface area contributed by atoms with Gasteiger partial charge in [-0.3, -0.25) is 4.79 Å². The molecule has 3 heteroatoms. The molecular weight excluding hydrogens is 236 g/mol. The molecule has 0 radical (unpaired) electrons. The van der Waals surface area contributed by atoms with Crippen LogP contribution in [0.25, 0.3) is 0 Å². The van der Waals surface area contributed by atoms with E-state index in [4.69, 9.17) is 5.73 Å². The second kappa shape index (κ2) is 7.17. The van der Waals surface area contributed by atoms with E-state index in [-0.39, 0.29) is 11.3 Å². The normalized spacial score (nSPS) is 10.5. The molecule has 0 aliphatic heterocycles. The number of hydrogen-bond donors (Lipinski definition) is 2. The Morgan fingerprint density at radius 3 is 2.21 bits per heavy atom. The Bertz CT molecular complexity index is 431. The lowest BCUT2D eigenvalue weighted by molar-refractivity contribution is -0.128. The van der Waals surface area contributed by atoms with Crippen molar-refractivity contribution >= 4 is 11.6 Å². The molecule has 1 amide bonds. The third-order valence-electron chi connectivity index (χ3n) is 2.97.